The van der Waals surface area contributed by atoms with Crippen molar-refractivity contribution in [1.82, 2.24) is 0 Å². The monoisotopic (exact) mass is 305 g/mol. The van der Waals surface area contributed by atoms with E-state index in [0.717, 1.165) is 37.8 Å². The van der Waals surface area contributed by atoms with Crippen LogP contribution in [0.1, 0.15) is 38.2 Å². The van der Waals surface area contributed by atoms with Gasteiger partial charge in [-0.1, -0.05) is 0 Å². The Balaban J connectivity index is 1.77. The second kappa shape index (κ2) is 7.82. The summed E-state index contributed by atoms with van der Waals surface area (Å²) in [5.41, 5.74) is 0.760. The van der Waals surface area contributed by atoms with E-state index in [2.05, 4.69) is 4.99 Å². The number of carbonyl (C=O) groups is 1. The number of phenols is 2. The first-order valence-corrected chi connectivity index (χ1v) is 7.78. The Hall–Kier alpha value is -2.04. The van der Waals surface area contributed by atoms with Gasteiger partial charge >= 0.3 is 5.97 Å². The molecule has 0 saturated heterocycles. The number of hydrogen-bond donors (Lipinski definition) is 2. The van der Waals surface area contributed by atoms with Crippen LogP contribution >= 0.6 is 0 Å². The number of esters is 1. The molecule has 120 valence electrons. The molecule has 0 aliphatic heterocycles. The highest BCUT2D eigenvalue weighted by Crippen LogP contribution is 2.30. The maximum atomic E-state index is 11.7. The van der Waals surface area contributed by atoms with E-state index in [1.165, 1.54) is 12.1 Å². The fourth-order valence-corrected chi connectivity index (χ4v) is 2.77. The van der Waals surface area contributed by atoms with Crippen LogP contribution in [-0.4, -0.2) is 35.5 Å². The molecule has 0 unspecified atom stereocenters. The molecule has 5 nitrogen and oxygen atoms in total. The normalized spacial score (nSPS) is 21.9. The van der Waals surface area contributed by atoms with E-state index in [1.807, 2.05) is 6.92 Å². The lowest BCUT2D eigenvalue weighted by molar-refractivity contribution is -0.149. The number of carbonyl (C=O) groups excluding carboxylic acids is 1. The average molecular weight is 305 g/mol. The molecule has 0 amide bonds. The summed E-state index contributed by atoms with van der Waals surface area (Å²) in [7, 11) is 0. The van der Waals surface area contributed by atoms with Crippen molar-refractivity contribution in [3.05, 3.63) is 23.8 Å². The molecule has 0 aromatic heterocycles. The van der Waals surface area contributed by atoms with Gasteiger partial charge in [0.05, 0.1) is 12.5 Å². The van der Waals surface area contributed by atoms with Gasteiger partial charge in [0.2, 0.25) is 0 Å². The van der Waals surface area contributed by atoms with E-state index in [0.29, 0.717) is 12.5 Å². The molecule has 1 saturated carbocycles. The minimum absolute atomic E-state index is 0.0502. The molecule has 2 rings (SSSR count). The van der Waals surface area contributed by atoms with Crippen LogP contribution in [0.25, 0.3) is 0 Å². The van der Waals surface area contributed by atoms with Crippen molar-refractivity contribution in [2.75, 3.05) is 13.2 Å². The lowest BCUT2D eigenvalue weighted by atomic mass is 9.82. The van der Waals surface area contributed by atoms with Gasteiger partial charge in [0, 0.05) is 12.8 Å². The molecule has 0 bridgehead atoms. The molecule has 1 aliphatic carbocycles. The van der Waals surface area contributed by atoms with E-state index in [-0.39, 0.29) is 23.4 Å². The van der Waals surface area contributed by atoms with Crippen molar-refractivity contribution in [2.45, 2.75) is 32.6 Å². The zero-order valence-corrected chi connectivity index (χ0v) is 12.9. The molecule has 0 heterocycles. The molecule has 1 aliphatic rings. The van der Waals surface area contributed by atoms with Crippen molar-refractivity contribution >= 4 is 12.2 Å². The van der Waals surface area contributed by atoms with Gasteiger partial charge in [-0.2, -0.15) is 0 Å². The quantitative estimate of drug-likeness (QED) is 0.498. The Kier molecular flexibility index (Phi) is 5.81. The maximum absolute atomic E-state index is 11.7. The summed E-state index contributed by atoms with van der Waals surface area (Å²) in [5, 5.41) is 18.7. The van der Waals surface area contributed by atoms with Crippen LogP contribution in [0.5, 0.6) is 11.5 Å². The average Bonchev–Trinajstić information content (AvgIpc) is 2.52. The molecular formula is C17H23NO4. The van der Waals surface area contributed by atoms with Crippen molar-refractivity contribution in [1.29, 1.82) is 0 Å². The summed E-state index contributed by atoms with van der Waals surface area (Å²) in [6.07, 6.45) is 5.43. The number of hydrogen-bond acceptors (Lipinski definition) is 5. The minimum Gasteiger partial charge on any atom is -0.504 e. The van der Waals surface area contributed by atoms with E-state index < -0.39 is 0 Å². The lowest BCUT2D eigenvalue weighted by Crippen LogP contribution is -2.24. The maximum Gasteiger partial charge on any atom is 0.308 e. The van der Waals surface area contributed by atoms with Crippen LogP contribution in [0.4, 0.5) is 0 Å². The molecule has 2 N–H and O–H groups in total. The van der Waals surface area contributed by atoms with Gasteiger partial charge in [0.25, 0.3) is 0 Å². The number of nitrogens with zero attached hydrogens (tertiary/aromatic N) is 1. The third kappa shape index (κ3) is 4.48. The first kappa shape index (κ1) is 16.3. The SMILES string of the molecule is CCOC(=O)C1CCC(C/N=C/c2ccc(O)c(O)c2)CC1. The molecule has 1 aromatic carbocycles. The van der Waals surface area contributed by atoms with Crippen LogP contribution in [0.15, 0.2) is 23.2 Å². The van der Waals surface area contributed by atoms with Crippen molar-refractivity contribution in [3.63, 3.8) is 0 Å². The Morgan fingerprint density at radius 3 is 2.64 bits per heavy atom. The Labute approximate surface area is 130 Å². The zero-order valence-electron chi connectivity index (χ0n) is 12.9. The second-order valence-electron chi connectivity index (χ2n) is 5.71. The first-order valence-electron chi connectivity index (χ1n) is 7.78. The van der Waals surface area contributed by atoms with Crippen LogP contribution in [0.2, 0.25) is 0 Å². The van der Waals surface area contributed by atoms with Gasteiger partial charge in [-0.05, 0) is 62.3 Å². The van der Waals surface area contributed by atoms with E-state index >= 15 is 0 Å². The van der Waals surface area contributed by atoms with Gasteiger partial charge in [-0.15, -0.1) is 0 Å². The van der Waals surface area contributed by atoms with Gasteiger partial charge in [-0.25, -0.2) is 0 Å². The highest BCUT2D eigenvalue weighted by molar-refractivity contribution is 5.80. The third-order valence-corrected chi connectivity index (χ3v) is 4.07. The van der Waals surface area contributed by atoms with Crippen molar-refractivity contribution in [2.24, 2.45) is 16.8 Å². The Bertz CT molecular complexity index is 533. The predicted octanol–water partition coefficient (Wildman–Crippen LogP) is 2.89. The molecule has 5 heteroatoms. The van der Waals surface area contributed by atoms with Crippen LogP contribution in [0, 0.1) is 11.8 Å². The number of rotatable bonds is 5. The molecule has 1 fully saturated rings. The van der Waals surface area contributed by atoms with Gasteiger partial charge in [-0.3, -0.25) is 9.79 Å². The first-order chi connectivity index (χ1) is 10.6. The fourth-order valence-electron chi connectivity index (χ4n) is 2.77. The highest BCUT2D eigenvalue weighted by atomic mass is 16.5. The Morgan fingerprint density at radius 1 is 1.27 bits per heavy atom. The van der Waals surface area contributed by atoms with Crippen LogP contribution < -0.4 is 0 Å². The molecular weight excluding hydrogens is 282 g/mol. The van der Waals surface area contributed by atoms with E-state index in [4.69, 9.17) is 4.74 Å². The molecule has 1 aromatic rings. The summed E-state index contributed by atoms with van der Waals surface area (Å²) in [6.45, 7) is 3.00. The molecule has 0 radical (unpaired) electrons. The van der Waals surface area contributed by atoms with Crippen LogP contribution in [0.3, 0.4) is 0 Å². The predicted molar refractivity (Wildman–Crippen MR) is 84.3 cm³/mol. The number of ether oxygens (including phenoxy) is 1. The molecule has 22 heavy (non-hydrogen) atoms. The van der Waals surface area contributed by atoms with E-state index in [9.17, 15) is 15.0 Å². The van der Waals surface area contributed by atoms with Crippen molar-refractivity contribution in [3.8, 4) is 11.5 Å². The summed E-state index contributed by atoms with van der Waals surface area (Å²) >= 11 is 0. The van der Waals surface area contributed by atoms with Crippen LogP contribution in [-0.2, 0) is 9.53 Å². The standard InChI is InChI=1S/C17H23NO4/c1-2-22-17(21)14-6-3-12(4-7-14)10-18-11-13-5-8-15(19)16(20)9-13/h5,8-9,11-12,14,19-20H,2-4,6-7,10H2,1H3/b18-11+. The minimum atomic E-state index is -0.140. The zero-order chi connectivity index (χ0) is 15.9. The summed E-state index contributed by atoms with van der Waals surface area (Å²) < 4.78 is 5.06. The smallest absolute Gasteiger partial charge is 0.308 e. The molecule has 0 atom stereocenters. The van der Waals surface area contributed by atoms with E-state index in [1.54, 1.807) is 12.3 Å². The number of phenolic OH excluding ortho intramolecular Hbond substituents is 2. The van der Waals surface area contributed by atoms with Gasteiger partial charge in [0.1, 0.15) is 0 Å². The summed E-state index contributed by atoms with van der Waals surface area (Å²) in [6, 6.07) is 4.63. The Morgan fingerprint density at radius 2 is 2.00 bits per heavy atom. The largest absolute Gasteiger partial charge is 0.504 e. The topological polar surface area (TPSA) is 79.1 Å². The lowest BCUT2D eigenvalue weighted by Gasteiger charge is -2.25. The van der Waals surface area contributed by atoms with Crippen molar-refractivity contribution < 1.29 is 19.7 Å². The molecule has 0 spiro atoms. The van der Waals surface area contributed by atoms with Gasteiger partial charge in [0.15, 0.2) is 11.5 Å². The number of aliphatic imine (C=N–C) groups is 1. The summed E-state index contributed by atoms with van der Waals surface area (Å²) in [5.74, 6) is 0.208. The van der Waals surface area contributed by atoms with Gasteiger partial charge < -0.3 is 14.9 Å². The number of aromatic hydroxyl groups is 2. The fraction of sp³-hybridized carbons (Fsp3) is 0.529. The highest BCUT2D eigenvalue weighted by Gasteiger charge is 2.26. The summed E-state index contributed by atoms with van der Waals surface area (Å²) in [4.78, 5) is 16.1. The third-order valence-electron chi connectivity index (χ3n) is 4.07. The number of benzene rings is 1. The second-order valence-corrected chi connectivity index (χ2v) is 5.71.